The average Bonchev–Trinajstić information content (AvgIpc) is 3.10. The second-order valence-electron chi connectivity index (χ2n) is 5.99. The molecule has 2 N–H and O–H groups in total. The molecule has 3 rings (SSSR count). The summed E-state index contributed by atoms with van der Waals surface area (Å²) < 4.78 is 38.6. The summed E-state index contributed by atoms with van der Waals surface area (Å²) >= 11 is 1.41. The highest BCUT2D eigenvalue weighted by Crippen LogP contribution is 2.32. The van der Waals surface area contributed by atoms with Gasteiger partial charge < -0.3 is 15.5 Å². The number of carbonyl (C=O) groups excluding carboxylic acids is 1. The summed E-state index contributed by atoms with van der Waals surface area (Å²) in [7, 11) is 0. The number of benzene rings is 1. The van der Waals surface area contributed by atoms with E-state index < -0.39 is 11.7 Å². The highest BCUT2D eigenvalue weighted by Gasteiger charge is 2.31. The van der Waals surface area contributed by atoms with Crippen LogP contribution < -0.4 is 10.6 Å². The van der Waals surface area contributed by atoms with Gasteiger partial charge in [0.2, 0.25) is 0 Å². The van der Waals surface area contributed by atoms with Crippen molar-refractivity contribution < 1.29 is 18.0 Å². The van der Waals surface area contributed by atoms with E-state index in [9.17, 15) is 18.0 Å². The van der Waals surface area contributed by atoms with Crippen molar-refractivity contribution in [3.63, 3.8) is 0 Å². The third-order valence-corrected chi connectivity index (χ3v) is 5.14. The maximum Gasteiger partial charge on any atom is 0.416 e. The van der Waals surface area contributed by atoms with Crippen LogP contribution in [-0.4, -0.2) is 48.5 Å². The number of nitrogens with zero attached hydrogens (tertiary/aromatic N) is 3. The van der Waals surface area contributed by atoms with Gasteiger partial charge >= 0.3 is 6.18 Å². The van der Waals surface area contributed by atoms with Crippen LogP contribution in [-0.2, 0) is 12.6 Å². The van der Waals surface area contributed by atoms with Gasteiger partial charge in [-0.05, 0) is 24.7 Å². The fourth-order valence-corrected chi connectivity index (χ4v) is 3.64. The molecule has 1 amide bonds. The number of nitrogens with two attached hydrogens (primary N) is 1. The van der Waals surface area contributed by atoms with Crippen molar-refractivity contribution in [2.45, 2.75) is 12.6 Å². The Morgan fingerprint density at radius 1 is 1.18 bits per heavy atom. The van der Waals surface area contributed by atoms with Gasteiger partial charge in [-0.2, -0.15) is 13.2 Å². The van der Waals surface area contributed by atoms with E-state index in [1.54, 1.807) is 16.3 Å². The van der Waals surface area contributed by atoms with Gasteiger partial charge in [0, 0.05) is 43.7 Å². The van der Waals surface area contributed by atoms with Gasteiger partial charge in [0.15, 0.2) is 0 Å². The molecule has 0 spiro atoms. The molecule has 28 heavy (non-hydrogen) atoms. The van der Waals surface area contributed by atoms with Crippen LogP contribution in [0.3, 0.4) is 0 Å². The number of carbonyl (C=O) groups is 1. The smallest absolute Gasteiger partial charge is 0.368 e. The summed E-state index contributed by atoms with van der Waals surface area (Å²) in [5.74, 6) is -0.145. The van der Waals surface area contributed by atoms with Gasteiger partial charge in [-0.15, -0.1) is 36.2 Å². The molecule has 0 saturated carbocycles. The first kappa shape index (κ1) is 24.5. The zero-order valence-corrected chi connectivity index (χ0v) is 17.3. The standard InChI is InChI=1S/C17H19F3N4OS.2ClH/c18-17(19,20)12-2-1-3-13(10-12)23-6-8-24(9-7-23)16(25)14-11-26-15(22-14)4-5-21;;/h1-3,10-11H,4-9,21H2;2*1H. The first-order valence-corrected chi connectivity index (χ1v) is 9.12. The SMILES string of the molecule is Cl.Cl.NCCc1nc(C(=O)N2CCN(c3cccc(C(F)(F)F)c3)CC2)cs1. The molecule has 5 nitrogen and oxygen atoms in total. The molecule has 1 aliphatic heterocycles. The third kappa shape index (κ3) is 5.73. The molecule has 0 atom stereocenters. The van der Waals surface area contributed by atoms with Crippen LogP contribution >= 0.6 is 36.2 Å². The van der Waals surface area contributed by atoms with E-state index in [0.29, 0.717) is 50.5 Å². The Bertz CT molecular complexity index is 780. The maximum absolute atomic E-state index is 12.9. The second-order valence-corrected chi connectivity index (χ2v) is 6.94. The van der Waals surface area contributed by atoms with E-state index in [-0.39, 0.29) is 30.7 Å². The molecule has 1 aliphatic rings. The van der Waals surface area contributed by atoms with Crippen LogP contribution in [0, 0.1) is 0 Å². The molecule has 1 aromatic heterocycles. The largest absolute Gasteiger partial charge is 0.416 e. The number of amides is 1. The summed E-state index contributed by atoms with van der Waals surface area (Å²) in [6.45, 7) is 2.33. The van der Waals surface area contributed by atoms with E-state index in [1.165, 1.54) is 17.4 Å². The second kappa shape index (κ2) is 10.3. The molecule has 0 radical (unpaired) electrons. The Balaban J connectivity index is 0.00000196. The molecule has 0 aliphatic carbocycles. The number of thiazole rings is 1. The first-order valence-electron chi connectivity index (χ1n) is 8.24. The molecular formula is C17H21Cl2F3N4OS. The van der Waals surface area contributed by atoms with Crippen molar-refractivity contribution >= 4 is 47.7 Å². The number of piperazine rings is 1. The Hall–Kier alpha value is -1.55. The lowest BCUT2D eigenvalue weighted by molar-refractivity contribution is -0.137. The molecular weight excluding hydrogens is 436 g/mol. The third-order valence-electron chi connectivity index (χ3n) is 4.23. The van der Waals surface area contributed by atoms with Crippen LogP contribution in [0.1, 0.15) is 21.1 Å². The number of hydrogen-bond donors (Lipinski definition) is 1. The minimum absolute atomic E-state index is 0. The van der Waals surface area contributed by atoms with Crippen LogP contribution in [0.2, 0.25) is 0 Å². The molecule has 11 heteroatoms. The Morgan fingerprint density at radius 2 is 1.86 bits per heavy atom. The fourth-order valence-electron chi connectivity index (χ4n) is 2.86. The van der Waals surface area contributed by atoms with Gasteiger partial charge in [-0.3, -0.25) is 4.79 Å². The molecule has 156 valence electrons. The van der Waals surface area contributed by atoms with E-state index >= 15 is 0 Å². The number of anilines is 1. The van der Waals surface area contributed by atoms with Crippen molar-refractivity contribution in [3.05, 3.63) is 45.9 Å². The topological polar surface area (TPSA) is 62.5 Å². The normalized spacial score (nSPS) is 14.3. The van der Waals surface area contributed by atoms with Crippen LogP contribution in [0.15, 0.2) is 29.6 Å². The number of halogens is 5. The van der Waals surface area contributed by atoms with Gasteiger partial charge in [-0.1, -0.05) is 6.07 Å². The quantitative estimate of drug-likeness (QED) is 0.764. The molecule has 2 heterocycles. The maximum atomic E-state index is 12.9. The molecule has 1 fully saturated rings. The van der Waals surface area contributed by atoms with Crippen molar-refractivity contribution in [2.24, 2.45) is 5.73 Å². The molecule has 0 bridgehead atoms. The van der Waals surface area contributed by atoms with Crippen LogP contribution in [0.4, 0.5) is 18.9 Å². The number of rotatable bonds is 4. The Morgan fingerprint density at radius 3 is 2.46 bits per heavy atom. The summed E-state index contributed by atoms with van der Waals surface area (Å²) in [6.07, 6.45) is -3.72. The zero-order valence-electron chi connectivity index (χ0n) is 14.8. The van der Waals surface area contributed by atoms with Gasteiger partial charge in [0.05, 0.1) is 10.6 Å². The van der Waals surface area contributed by atoms with Gasteiger partial charge in [0.1, 0.15) is 5.69 Å². The van der Waals surface area contributed by atoms with Crippen LogP contribution in [0.5, 0.6) is 0 Å². The van der Waals surface area contributed by atoms with Crippen molar-refractivity contribution in [1.82, 2.24) is 9.88 Å². The van der Waals surface area contributed by atoms with Gasteiger partial charge in [0.25, 0.3) is 5.91 Å². The lowest BCUT2D eigenvalue weighted by Crippen LogP contribution is -2.49. The summed E-state index contributed by atoms with van der Waals surface area (Å²) in [5, 5.41) is 2.56. The number of alkyl halides is 3. The number of aromatic nitrogens is 1. The average molecular weight is 457 g/mol. The molecule has 2 aromatic rings. The number of hydrogen-bond acceptors (Lipinski definition) is 5. The monoisotopic (exact) mass is 456 g/mol. The van der Waals surface area contributed by atoms with E-state index in [2.05, 4.69) is 4.98 Å². The zero-order chi connectivity index (χ0) is 18.7. The van der Waals surface area contributed by atoms with Crippen molar-refractivity contribution in [3.8, 4) is 0 Å². The van der Waals surface area contributed by atoms with E-state index in [0.717, 1.165) is 17.1 Å². The molecule has 1 saturated heterocycles. The van der Waals surface area contributed by atoms with Crippen LogP contribution in [0.25, 0.3) is 0 Å². The van der Waals surface area contributed by atoms with Crippen molar-refractivity contribution in [1.29, 1.82) is 0 Å². The fraction of sp³-hybridized carbons (Fsp3) is 0.412. The Labute approximate surface area is 177 Å². The Kier molecular flexibility index (Phi) is 9.00. The summed E-state index contributed by atoms with van der Waals surface area (Å²) in [5.41, 5.74) is 5.76. The predicted octanol–water partition coefficient (Wildman–Crippen LogP) is 3.47. The lowest BCUT2D eigenvalue weighted by atomic mass is 10.1. The van der Waals surface area contributed by atoms with E-state index in [4.69, 9.17) is 5.73 Å². The van der Waals surface area contributed by atoms with Crippen molar-refractivity contribution in [2.75, 3.05) is 37.6 Å². The minimum atomic E-state index is -4.36. The molecule has 0 unspecified atom stereocenters. The highest BCUT2D eigenvalue weighted by atomic mass is 35.5. The predicted molar refractivity (Wildman–Crippen MR) is 109 cm³/mol. The van der Waals surface area contributed by atoms with Gasteiger partial charge in [-0.25, -0.2) is 4.98 Å². The summed E-state index contributed by atoms with van der Waals surface area (Å²) in [4.78, 5) is 20.4. The highest BCUT2D eigenvalue weighted by molar-refractivity contribution is 7.09. The minimum Gasteiger partial charge on any atom is -0.368 e. The van der Waals surface area contributed by atoms with E-state index in [1.807, 2.05) is 4.90 Å². The lowest BCUT2D eigenvalue weighted by Gasteiger charge is -2.36. The first-order chi connectivity index (χ1) is 12.4. The molecule has 1 aromatic carbocycles. The summed E-state index contributed by atoms with van der Waals surface area (Å²) in [6, 6.07) is 5.28.